The number of rotatable bonds is 8. The van der Waals surface area contributed by atoms with Crippen molar-refractivity contribution in [3.05, 3.63) is 23.8 Å². The van der Waals surface area contributed by atoms with Gasteiger partial charge in [-0.05, 0) is 30.7 Å². The average molecular weight is 321 g/mol. The SMILES string of the molecule is COc1cccc(CNC2CC2)c1OCCSC(F)(F)F. The highest BCUT2D eigenvalue weighted by Gasteiger charge is 2.27. The van der Waals surface area contributed by atoms with Gasteiger partial charge in [0.25, 0.3) is 0 Å². The fourth-order valence-electron chi connectivity index (χ4n) is 1.87. The van der Waals surface area contributed by atoms with Gasteiger partial charge in [0, 0.05) is 23.9 Å². The summed E-state index contributed by atoms with van der Waals surface area (Å²) in [7, 11) is 1.52. The minimum absolute atomic E-state index is 0.0129. The Kier molecular flexibility index (Phi) is 5.64. The third kappa shape index (κ3) is 5.67. The van der Waals surface area contributed by atoms with Crippen molar-refractivity contribution < 1.29 is 22.6 Å². The molecule has 118 valence electrons. The number of benzene rings is 1. The number of nitrogens with one attached hydrogen (secondary N) is 1. The van der Waals surface area contributed by atoms with Crippen molar-refractivity contribution in [3.63, 3.8) is 0 Å². The maximum atomic E-state index is 12.1. The molecule has 0 radical (unpaired) electrons. The zero-order valence-corrected chi connectivity index (χ0v) is 12.5. The van der Waals surface area contributed by atoms with Crippen LogP contribution in [0.25, 0.3) is 0 Å². The number of ether oxygens (including phenoxy) is 2. The zero-order chi connectivity index (χ0) is 15.3. The Labute approximate surface area is 126 Å². The molecule has 0 aliphatic heterocycles. The Morgan fingerprint density at radius 3 is 2.71 bits per heavy atom. The van der Waals surface area contributed by atoms with Gasteiger partial charge in [0.15, 0.2) is 11.5 Å². The van der Waals surface area contributed by atoms with Crippen LogP contribution in [0.4, 0.5) is 13.2 Å². The van der Waals surface area contributed by atoms with Crippen LogP contribution in [0.15, 0.2) is 18.2 Å². The van der Waals surface area contributed by atoms with Gasteiger partial charge in [0.05, 0.1) is 13.7 Å². The third-order valence-electron chi connectivity index (χ3n) is 3.03. The van der Waals surface area contributed by atoms with Crippen LogP contribution < -0.4 is 14.8 Å². The minimum atomic E-state index is -4.22. The number of alkyl halides is 3. The topological polar surface area (TPSA) is 30.5 Å². The van der Waals surface area contributed by atoms with Crippen molar-refractivity contribution in [1.29, 1.82) is 0 Å². The fraction of sp³-hybridized carbons (Fsp3) is 0.571. The summed E-state index contributed by atoms with van der Waals surface area (Å²) in [5.74, 6) is 0.926. The smallest absolute Gasteiger partial charge is 0.441 e. The Hall–Kier alpha value is -1.08. The second-order valence-corrected chi connectivity index (χ2v) is 5.91. The zero-order valence-electron chi connectivity index (χ0n) is 11.7. The van der Waals surface area contributed by atoms with Crippen LogP contribution in [0, 0.1) is 0 Å². The highest BCUT2D eigenvalue weighted by molar-refractivity contribution is 8.00. The summed E-state index contributed by atoms with van der Waals surface area (Å²) in [6.45, 7) is 0.616. The van der Waals surface area contributed by atoms with Crippen LogP contribution in [0.3, 0.4) is 0 Å². The van der Waals surface area contributed by atoms with Crippen molar-refractivity contribution >= 4 is 11.8 Å². The van der Waals surface area contributed by atoms with E-state index in [1.165, 1.54) is 20.0 Å². The summed E-state index contributed by atoms with van der Waals surface area (Å²) >= 11 is -0.0811. The normalized spacial score (nSPS) is 15.0. The monoisotopic (exact) mass is 321 g/mol. The van der Waals surface area contributed by atoms with Crippen molar-refractivity contribution in [2.75, 3.05) is 19.5 Å². The molecule has 1 aliphatic carbocycles. The molecule has 7 heteroatoms. The quantitative estimate of drug-likeness (QED) is 0.742. The summed E-state index contributed by atoms with van der Waals surface area (Å²) < 4.78 is 47.0. The van der Waals surface area contributed by atoms with E-state index < -0.39 is 5.51 Å². The minimum Gasteiger partial charge on any atom is -0.493 e. The first-order chi connectivity index (χ1) is 9.99. The van der Waals surface area contributed by atoms with Crippen molar-refractivity contribution in [2.45, 2.75) is 30.9 Å². The molecular formula is C14H18F3NO2S. The number of thioether (sulfide) groups is 1. The highest BCUT2D eigenvalue weighted by Crippen LogP contribution is 2.33. The van der Waals surface area contributed by atoms with E-state index in [0.717, 1.165) is 5.56 Å². The van der Waals surface area contributed by atoms with Gasteiger partial charge in [-0.1, -0.05) is 12.1 Å². The summed E-state index contributed by atoms with van der Waals surface area (Å²) in [5.41, 5.74) is -3.32. The molecule has 0 atom stereocenters. The van der Waals surface area contributed by atoms with Gasteiger partial charge in [-0.2, -0.15) is 13.2 Å². The van der Waals surface area contributed by atoms with E-state index in [1.807, 2.05) is 12.1 Å². The maximum absolute atomic E-state index is 12.1. The molecule has 0 bridgehead atoms. The van der Waals surface area contributed by atoms with Crippen molar-refractivity contribution in [2.24, 2.45) is 0 Å². The lowest BCUT2D eigenvalue weighted by atomic mass is 10.2. The standard InChI is InChI=1S/C14H18F3NO2S/c1-19-12-4-2-3-10(9-18-11-5-6-11)13(12)20-7-8-21-14(15,16)17/h2-4,11,18H,5-9H2,1H3. The average Bonchev–Trinajstić information content (AvgIpc) is 3.24. The highest BCUT2D eigenvalue weighted by atomic mass is 32.2. The lowest BCUT2D eigenvalue weighted by Crippen LogP contribution is -2.17. The van der Waals surface area contributed by atoms with E-state index >= 15 is 0 Å². The molecule has 0 unspecified atom stereocenters. The number of hydrogen-bond acceptors (Lipinski definition) is 4. The van der Waals surface area contributed by atoms with Gasteiger partial charge in [0.1, 0.15) is 0 Å². The predicted octanol–water partition coefficient (Wildman–Crippen LogP) is 3.58. The van der Waals surface area contributed by atoms with Crippen molar-refractivity contribution in [3.8, 4) is 11.5 Å². The predicted molar refractivity (Wildman–Crippen MR) is 76.9 cm³/mol. The molecule has 0 saturated heterocycles. The molecule has 0 spiro atoms. The van der Waals surface area contributed by atoms with E-state index in [9.17, 15) is 13.2 Å². The van der Waals surface area contributed by atoms with Gasteiger partial charge in [-0.25, -0.2) is 0 Å². The Morgan fingerprint density at radius 1 is 1.33 bits per heavy atom. The maximum Gasteiger partial charge on any atom is 0.441 e. The Morgan fingerprint density at radius 2 is 2.10 bits per heavy atom. The lowest BCUT2D eigenvalue weighted by Gasteiger charge is -2.15. The molecule has 2 rings (SSSR count). The lowest BCUT2D eigenvalue weighted by molar-refractivity contribution is -0.0329. The van der Waals surface area contributed by atoms with Crippen LogP contribution in [-0.2, 0) is 6.54 Å². The molecule has 0 aromatic heterocycles. The summed E-state index contributed by atoms with van der Waals surface area (Å²) in [6, 6.07) is 6.03. The van der Waals surface area contributed by atoms with Crippen LogP contribution >= 0.6 is 11.8 Å². The largest absolute Gasteiger partial charge is 0.493 e. The first-order valence-electron chi connectivity index (χ1n) is 6.72. The number of para-hydroxylation sites is 1. The van der Waals surface area contributed by atoms with Crippen LogP contribution in [0.2, 0.25) is 0 Å². The van der Waals surface area contributed by atoms with Gasteiger partial charge in [0.2, 0.25) is 0 Å². The van der Waals surface area contributed by atoms with E-state index in [0.29, 0.717) is 24.1 Å². The molecule has 1 saturated carbocycles. The second-order valence-electron chi connectivity index (χ2n) is 4.75. The number of halogens is 3. The molecule has 0 heterocycles. The van der Waals surface area contributed by atoms with Gasteiger partial charge in [-0.15, -0.1) is 0 Å². The molecule has 3 nitrogen and oxygen atoms in total. The van der Waals surface area contributed by atoms with E-state index in [2.05, 4.69) is 5.32 Å². The van der Waals surface area contributed by atoms with Crippen LogP contribution in [0.5, 0.6) is 11.5 Å². The molecule has 0 amide bonds. The summed E-state index contributed by atoms with van der Waals surface area (Å²) in [5, 5.41) is 3.36. The molecule has 1 fully saturated rings. The van der Waals surface area contributed by atoms with E-state index in [-0.39, 0.29) is 24.1 Å². The van der Waals surface area contributed by atoms with Gasteiger partial charge in [-0.3, -0.25) is 0 Å². The van der Waals surface area contributed by atoms with Gasteiger partial charge >= 0.3 is 5.51 Å². The van der Waals surface area contributed by atoms with Crippen LogP contribution in [0.1, 0.15) is 18.4 Å². The van der Waals surface area contributed by atoms with E-state index in [4.69, 9.17) is 9.47 Å². The molecule has 21 heavy (non-hydrogen) atoms. The summed E-state index contributed by atoms with van der Waals surface area (Å²) in [6.07, 6.45) is 2.34. The molecule has 1 aliphatic rings. The fourth-order valence-corrected chi connectivity index (χ4v) is 2.27. The van der Waals surface area contributed by atoms with Crippen molar-refractivity contribution in [1.82, 2.24) is 5.32 Å². The molecular weight excluding hydrogens is 303 g/mol. The first-order valence-corrected chi connectivity index (χ1v) is 7.71. The number of hydrogen-bond donors (Lipinski definition) is 1. The molecule has 1 aromatic carbocycles. The van der Waals surface area contributed by atoms with Gasteiger partial charge < -0.3 is 14.8 Å². The number of methoxy groups -OCH3 is 1. The Bertz CT molecular complexity index is 464. The second kappa shape index (κ2) is 7.26. The van der Waals surface area contributed by atoms with E-state index in [1.54, 1.807) is 6.07 Å². The van der Waals surface area contributed by atoms with Crippen LogP contribution in [-0.4, -0.2) is 31.0 Å². The third-order valence-corrected chi connectivity index (χ3v) is 3.73. The first kappa shape index (κ1) is 16.3. The summed E-state index contributed by atoms with van der Waals surface area (Å²) in [4.78, 5) is 0. The Balaban J connectivity index is 1.93. The molecule has 1 aromatic rings. The molecule has 1 N–H and O–H groups in total.